The van der Waals surface area contributed by atoms with Gasteiger partial charge in [0, 0.05) is 19.5 Å². The van der Waals surface area contributed by atoms with Crippen LogP contribution in [-0.4, -0.2) is 25.8 Å². The predicted molar refractivity (Wildman–Crippen MR) is 67.7 cm³/mol. The number of nitrogens with one attached hydrogen (secondary N) is 1. The maximum absolute atomic E-state index is 11.3. The van der Waals surface area contributed by atoms with Gasteiger partial charge in [-0.2, -0.15) is 0 Å². The summed E-state index contributed by atoms with van der Waals surface area (Å²) in [4.78, 5) is 11.3. The van der Waals surface area contributed by atoms with Gasteiger partial charge in [0.15, 0.2) is 11.5 Å². The SMILES string of the molecule is Cc1cc2c(cc1CCNC(=O)CCN)OCO2. The summed E-state index contributed by atoms with van der Waals surface area (Å²) in [6.07, 6.45) is 1.15. The molecule has 0 saturated heterocycles. The lowest BCUT2D eigenvalue weighted by Gasteiger charge is -2.08. The fourth-order valence-corrected chi connectivity index (χ4v) is 1.91. The van der Waals surface area contributed by atoms with Crippen molar-refractivity contribution in [3.05, 3.63) is 23.3 Å². The Bertz CT molecular complexity index is 446. The molecule has 1 heterocycles. The van der Waals surface area contributed by atoms with Crippen molar-refractivity contribution in [3.63, 3.8) is 0 Å². The highest BCUT2D eigenvalue weighted by Crippen LogP contribution is 2.34. The van der Waals surface area contributed by atoms with Crippen molar-refractivity contribution in [2.45, 2.75) is 19.8 Å². The average molecular weight is 250 g/mol. The minimum atomic E-state index is -0.00380. The Balaban J connectivity index is 1.92. The van der Waals surface area contributed by atoms with E-state index in [1.807, 2.05) is 19.1 Å². The van der Waals surface area contributed by atoms with E-state index in [2.05, 4.69) is 5.32 Å². The average Bonchev–Trinajstić information content (AvgIpc) is 2.76. The molecule has 1 amide bonds. The monoisotopic (exact) mass is 250 g/mol. The molecule has 1 aliphatic rings. The van der Waals surface area contributed by atoms with E-state index in [9.17, 15) is 4.79 Å². The highest BCUT2D eigenvalue weighted by atomic mass is 16.7. The summed E-state index contributed by atoms with van der Waals surface area (Å²) >= 11 is 0. The third-order valence-electron chi connectivity index (χ3n) is 2.92. The molecule has 0 saturated carbocycles. The molecule has 1 aliphatic heterocycles. The molecule has 0 aromatic heterocycles. The van der Waals surface area contributed by atoms with Gasteiger partial charge in [-0.05, 0) is 36.6 Å². The minimum absolute atomic E-state index is 0.00380. The Morgan fingerprint density at radius 1 is 1.39 bits per heavy atom. The van der Waals surface area contributed by atoms with E-state index < -0.39 is 0 Å². The first kappa shape index (κ1) is 12.7. The third kappa shape index (κ3) is 2.92. The molecule has 2 rings (SSSR count). The van der Waals surface area contributed by atoms with E-state index in [1.54, 1.807) is 0 Å². The maximum atomic E-state index is 11.3. The summed E-state index contributed by atoms with van der Waals surface area (Å²) in [6, 6.07) is 3.95. The van der Waals surface area contributed by atoms with Gasteiger partial charge in [-0.1, -0.05) is 0 Å². The molecular formula is C13H18N2O3. The molecule has 0 radical (unpaired) electrons. The van der Waals surface area contributed by atoms with E-state index in [0.29, 0.717) is 19.5 Å². The summed E-state index contributed by atoms with van der Waals surface area (Å²) < 4.78 is 10.6. The predicted octanol–water partition coefficient (Wildman–Crippen LogP) is 0.731. The summed E-state index contributed by atoms with van der Waals surface area (Å²) in [6.45, 7) is 3.30. The number of ether oxygens (including phenoxy) is 2. The zero-order valence-electron chi connectivity index (χ0n) is 10.5. The topological polar surface area (TPSA) is 73.6 Å². The highest BCUT2D eigenvalue weighted by Gasteiger charge is 2.15. The Hall–Kier alpha value is -1.75. The van der Waals surface area contributed by atoms with Crippen LogP contribution < -0.4 is 20.5 Å². The molecule has 3 N–H and O–H groups in total. The Morgan fingerprint density at radius 2 is 2.11 bits per heavy atom. The summed E-state index contributed by atoms with van der Waals surface area (Å²) in [5, 5.41) is 2.84. The van der Waals surface area contributed by atoms with Crippen molar-refractivity contribution in [3.8, 4) is 11.5 Å². The number of fused-ring (bicyclic) bond motifs is 1. The largest absolute Gasteiger partial charge is 0.454 e. The first-order valence-electron chi connectivity index (χ1n) is 6.06. The van der Waals surface area contributed by atoms with Crippen molar-refractivity contribution in [2.24, 2.45) is 5.73 Å². The molecule has 0 aliphatic carbocycles. The quantitative estimate of drug-likeness (QED) is 0.808. The zero-order valence-corrected chi connectivity index (χ0v) is 10.5. The number of hydrogen-bond donors (Lipinski definition) is 2. The van der Waals surface area contributed by atoms with Gasteiger partial charge in [0.25, 0.3) is 0 Å². The summed E-state index contributed by atoms with van der Waals surface area (Å²) in [5.74, 6) is 1.57. The molecule has 98 valence electrons. The van der Waals surface area contributed by atoms with Crippen LogP contribution in [0.5, 0.6) is 11.5 Å². The van der Waals surface area contributed by atoms with E-state index in [1.165, 1.54) is 0 Å². The van der Waals surface area contributed by atoms with Gasteiger partial charge in [0.2, 0.25) is 12.7 Å². The second-order valence-corrected chi connectivity index (χ2v) is 4.27. The fourth-order valence-electron chi connectivity index (χ4n) is 1.91. The number of aryl methyl sites for hydroxylation is 1. The minimum Gasteiger partial charge on any atom is -0.454 e. The van der Waals surface area contributed by atoms with Gasteiger partial charge in [0.05, 0.1) is 0 Å². The highest BCUT2D eigenvalue weighted by molar-refractivity contribution is 5.76. The standard InChI is InChI=1S/C13H18N2O3/c1-9-6-11-12(18-8-17-11)7-10(9)3-5-15-13(16)2-4-14/h6-7H,2-5,8,14H2,1H3,(H,15,16). The summed E-state index contributed by atoms with van der Waals surface area (Å²) in [5.41, 5.74) is 7.61. The lowest BCUT2D eigenvalue weighted by atomic mass is 10.0. The van der Waals surface area contributed by atoms with Crippen LogP contribution in [0.3, 0.4) is 0 Å². The number of carbonyl (C=O) groups excluding carboxylic acids is 1. The van der Waals surface area contributed by atoms with Crippen molar-refractivity contribution in [1.82, 2.24) is 5.32 Å². The molecule has 1 aromatic rings. The normalized spacial score (nSPS) is 12.6. The molecule has 0 atom stereocenters. The van der Waals surface area contributed by atoms with Gasteiger partial charge < -0.3 is 20.5 Å². The van der Waals surface area contributed by atoms with Crippen LogP contribution in [0.25, 0.3) is 0 Å². The fraction of sp³-hybridized carbons (Fsp3) is 0.462. The van der Waals surface area contributed by atoms with Crippen LogP contribution in [-0.2, 0) is 11.2 Å². The van der Waals surface area contributed by atoms with E-state index in [0.717, 1.165) is 29.0 Å². The molecule has 18 heavy (non-hydrogen) atoms. The van der Waals surface area contributed by atoms with Gasteiger partial charge in [-0.3, -0.25) is 4.79 Å². The van der Waals surface area contributed by atoms with Crippen molar-refractivity contribution < 1.29 is 14.3 Å². The Kier molecular flexibility index (Phi) is 4.04. The molecule has 5 nitrogen and oxygen atoms in total. The van der Waals surface area contributed by atoms with Gasteiger partial charge in [-0.15, -0.1) is 0 Å². The van der Waals surface area contributed by atoms with Crippen LogP contribution in [0, 0.1) is 6.92 Å². The maximum Gasteiger partial charge on any atom is 0.231 e. The third-order valence-corrected chi connectivity index (χ3v) is 2.92. The number of carbonyl (C=O) groups is 1. The summed E-state index contributed by atoms with van der Waals surface area (Å²) in [7, 11) is 0. The lowest BCUT2D eigenvalue weighted by Crippen LogP contribution is -2.27. The lowest BCUT2D eigenvalue weighted by molar-refractivity contribution is -0.120. The van der Waals surface area contributed by atoms with Crippen LogP contribution >= 0.6 is 0 Å². The van der Waals surface area contributed by atoms with Crippen LogP contribution in [0.4, 0.5) is 0 Å². The number of nitrogens with two attached hydrogens (primary N) is 1. The Labute approximate surface area is 106 Å². The molecular weight excluding hydrogens is 232 g/mol. The van der Waals surface area contributed by atoms with Gasteiger partial charge in [0.1, 0.15) is 0 Å². The number of benzene rings is 1. The van der Waals surface area contributed by atoms with Crippen LogP contribution in [0.15, 0.2) is 12.1 Å². The van der Waals surface area contributed by atoms with Gasteiger partial charge in [-0.25, -0.2) is 0 Å². The van der Waals surface area contributed by atoms with Crippen molar-refractivity contribution >= 4 is 5.91 Å². The number of rotatable bonds is 5. The van der Waals surface area contributed by atoms with Crippen molar-refractivity contribution in [1.29, 1.82) is 0 Å². The molecule has 0 fully saturated rings. The number of hydrogen-bond acceptors (Lipinski definition) is 4. The second-order valence-electron chi connectivity index (χ2n) is 4.27. The first-order chi connectivity index (χ1) is 8.70. The molecule has 1 aromatic carbocycles. The molecule has 0 unspecified atom stereocenters. The molecule has 0 bridgehead atoms. The Morgan fingerprint density at radius 3 is 2.83 bits per heavy atom. The van der Waals surface area contributed by atoms with Crippen molar-refractivity contribution in [2.75, 3.05) is 19.9 Å². The smallest absolute Gasteiger partial charge is 0.231 e. The zero-order chi connectivity index (χ0) is 13.0. The molecule has 5 heteroatoms. The molecule has 0 spiro atoms. The van der Waals surface area contributed by atoms with Crippen LogP contribution in [0.2, 0.25) is 0 Å². The van der Waals surface area contributed by atoms with Gasteiger partial charge >= 0.3 is 0 Å². The number of amides is 1. The van der Waals surface area contributed by atoms with E-state index in [-0.39, 0.29) is 12.7 Å². The second kappa shape index (κ2) is 5.73. The van der Waals surface area contributed by atoms with Crippen LogP contribution in [0.1, 0.15) is 17.5 Å². The van der Waals surface area contributed by atoms with E-state index >= 15 is 0 Å². The van der Waals surface area contributed by atoms with E-state index in [4.69, 9.17) is 15.2 Å². The first-order valence-corrected chi connectivity index (χ1v) is 6.06.